The standard InChI is InChI=1S/C22H27FN4O2/c1-24-21(25-16-22(9-3-10-22)17-5-7-18(23)8-6-17)27-13-11-26(12-14-27)20(28)19-4-2-15-29-19/h2,4-8,15H,3,9-14,16H2,1H3,(H,24,25). The quantitative estimate of drug-likeness (QED) is 0.636. The van der Waals surface area contributed by atoms with E-state index < -0.39 is 0 Å². The Morgan fingerprint density at radius 2 is 1.83 bits per heavy atom. The molecule has 0 spiro atoms. The zero-order valence-electron chi connectivity index (χ0n) is 16.7. The predicted molar refractivity (Wildman–Crippen MR) is 109 cm³/mol. The van der Waals surface area contributed by atoms with E-state index in [0.29, 0.717) is 18.8 Å². The number of hydrogen-bond acceptors (Lipinski definition) is 3. The molecule has 1 aromatic heterocycles. The maximum atomic E-state index is 13.3. The fraction of sp³-hybridized carbons (Fsp3) is 0.455. The molecule has 2 aromatic rings. The molecule has 1 aromatic carbocycles. The third kappa shape index (κ3) is 3.99. The first-order chi connectivity index (χ1) is 14.1. The van der Waals surface area contributed by atoms with Crippen molar-refractivity contribution in [3.05, 3.63) is 59.8 Å². The number of guanidine groups is 1. The highest BCUT2D eigenvalue weighted by Gasteiger charge is 2.39. The van der Waals surface area contributed by atoms with Crippen LogP contribution in [-0.2, 0) is 5.41 Å². The summed E-state index contributed by atoms with van der Waals surface area (Å²) < 4.78 is 18.5. The molecule has 7 heteroatoms. The fourth-order valence-corrected chi connectivity index (χ4v) is 4.23. The Balaban J connectivity index is 1.34. The Morgan fingerprint density at radius 1 is 1.14 bits per heavy atom. The number of aliphatic imine (C=N–C) groups is 1. The van der Waals surface area contributed by atoms with Crippen molar-refractivity contribution in [1.29, 1.82) is 0 Å². The minimum atomic E-state index is -0.200. The van der Waals surface area contributed by atoms with E-state index in [2.05, 4.69) is 15.2 Å². The number of piperazine rings is 1. The van der Waals surface area contributed by atoms with Crippen LogP contribution in [0.15, 0.2) is 52.1 Å². The summed E-state index contributed by atoms with van der Waals surface area (Å²) >= 11 is 0. The number of amides is 1. The molecule has 2 fully saturated rings. The molecule has 0 radical (unpaired) electrons. The minimum Gasteiger partial charge on any atom is -0.459 e. The molecule has 0 bridgehead atoms. The van der Waals surface area contributed by atoms with Crippen LogP contribution >= 0.6 is 0 Å². The van der Waals surface area contributed by atoms with Crippen molar-refractivity contribution < 1.29 is 13.6 Å². The lowest BCUT2D eigenvalue weighted by Crippen LogP contribution is -2.56. The number of halogens is 1. The predicted octanol–water partition coefficient (Wildman–Crippen LogP) is 2.87. The van der Waals surface area contributed by atoms with Crippen LogP contribution in [0.1, 0.15) is 35.4 Å². The van der Waals surface area contributed by atoms with Crippen LogP contribution in [0.25, 0.3) is 0 Å². The van der Waals surface area contributed by atoms with E-state index in [4.69, 9.17) is 4.42 Å². The van der Waals surface area contributed by atoms with Crippen molar-refractivity contribution in [1.82, 2.24) is 15.1 Å². The maximum absolute atomic E-state index is 13.3. The summed E-state index contributed by atoms with van der Waals surface area (Å²) in [5.41, 5.74) is 1.22. The lowest BCUT2D eigenvalue weighted by molar-refractivity contribution is 0.0657. The minimum absolute atomic E-state index is 0.0424. The monoisotopic (exact) mass is 398 g/mol. The number of benzene rings is 1. The van der Waals surface area contributed by atoms with Crippen molar-refractivity contribution in [3.63, 3.8) is 0 Å². The van der Waals surface area contributed by atoms with Crippen LogP contribution in [0.4, 0.5) is 4.39 Å². The Bertz CT molecular complexity index is 851. The molecular formula is C22H27FN4O2. The summed E-state index contributed by atoms with van der Waals surface area (Å²) in [7, 11) is 1.79. The molecule has 4 rings (SSSR count). The largest absolute Gasteiger partial charge is 0.459 e. The Labute approximate surface area is 170 Å². The van der Waals surface area contributed by atoms with Gasteiger partial charge in [-0.2, -0.15) is 0 Å². The molecule has 1 amide bonds. The number of carbonyl (C=O) groups excluding carboxylic acids is 1. The van der Waals surface area contributed by atoms with E-state index in [1.807, 2.05) is 17.0 Å². The van der Waals surface area contributed by atoms with Gasteiger partial charge in [0.15, 0.2) is 11.7 Å². The third-order valence-electron chi connectivity index (χ3n) is 6.16. The number of hydrogen-bond donors (Lipinski definition) is 1. The fourth-order valence-electron chi connectivity index (χ4n) is 4.23. The molecule has 2 aliphatic rings. The topological polar surface area (TPSA) is 61.1 Å². The molecule has 1 saturated carbocycles. The Kier molecular flexibility index (Phi) is 5.56. The van der Waals surface area contributed by atoms with Crippen LogP contribution in [0, 0.1) is 5.82 Å². The van der Waals surface area contributed by atoms with Gasteiger partial charge in [-0.05, 0) is 42.7 Å². The zero-order valence-corrected chi connectivity index (χ0v) is 16.7. The molecule has 1 aliphatic heterocycles. The van der Waals surface area contributed by atoms with Crippen molar-refractivity contribution in [2.45, 2.75) is 24.7 Å². The first kappa shape index (κ1) is 19.5. The molecule has 1 aliphatic carbocycles. The van der Waals surface area contributed by atoms with Crippen LogP contribution in [-0.4, -0.2) is 61.4 Å². The Morgan fingerprint density at radius 3 is 2.38 bits per heavy atom. The van der Waals surface area contributed by atoms with Crippen LogP contribution < -0.4 is 5.32 Å². The van der Waals surface area contributed by atoms with Gasteiger partial charge in [0.05, 0.1) is 6.26 Å². The lowest BCUT2D eigenvalue weighted by atomic mass is 9.64. The van der Waals surface area contributed by atoms with E-state index in [9.17, 15) is 9.18 Å². The van der Waals surface area contributed by atoms with Gasteiger partial charge in [-0.25, -0.2) is 4.39 Å². The molecule has 0 atom stereocenters. The second kappa shape index (κ2) is 8.27. The average molecular weight is 398 g/mol. The lowest BCUT2D eigenvalue weighted by Gasteiger charge is -2.44. The summed E-state index contributed by atoms with van der Waals surface area (Å²) in [5, 5.41) is 3.53. The van der Waals surface area contributed by atoms with Crippen LogP contribution in [0.5, 0.6) is 0 Å². The van der Waals surface area contributed by atoms with Gasteiger partial charge in [0.2, 0.25) is 0 Å². The number of nitrogens with zero attached hydrogens (tertiary/aromatic N) is 3. The van der Waals surface area contributed by atoms with Crippen molar-refractivity contribution in [3.8, 4) is 0 Å². The second-order valence-electron chi connectivity index (χ2n) is 7.80. The molecule has 1 N–H and O–H groups in total. The van der Waals surface area contributed by atoms with Gasteiger partial charge >= 0.3 is 0 Å². The van der Waals surface area contributed by atoms with Crippen LogP contribution in [0.2, 0.25) is 0 Å². The van der Waals surface area contributed by atoms with Crippen LogP contribution in [0.3, 0.4) is 0 Å². The van der Waals surface area contributed by atoms with Gasteiger partial charge < -0.3 is 19.5 Å². The summed E-state index contributed by atoms with van der Waals surface area (Å²) in [4.78, 5) is 20.9. The summed E-state index contributed by atoms with van der Waals surface area (Å²) in [6.45, 7) is 3.47. The zero-order chi connectivity index (χ0) is 20.3. The maximum Gasteiger partial charge on any atom is 0.289 e. The Hall–Kier alpha value is -2.83. The SMILES string of the molecule is CN=C(NCC1(c2ccc(F)cc2)CCC1)N1CCN(C(=O)c2ccco2)CC1. The van der Waals surface area contributed by atoms with Gasteiger partial charge in [-0.15, -0.1) is 0 Å². The van der Waals surface area contributed by atoms with E-state index in [1.54, 1.807) is 31.3 Å². The second-order valence-corrected chi connectivity index (χ2v) is 7.80. The normalized spacial score (nSPS) is 19.0. The van der Waals surface area contributed by atoms with Gasteiger partial charge in [-0.1, -0.05) is 18.6 Å². The molecular weight excluding hydrogens is 371 g/mol. The number of rotatable bonds is 4. The molecule has 6 nitrogen and oxygen atoms in total. The average Bonchev–Trinajstić information content (AvgIpc) is 3.26. The van der Waals surface area contributed by atoms with Gasteiger partial charge in [0.1, 0.15) is 5.82 Å². The van der Waals surface area contributed by atoms with E-state index in [1.165, 1.54) is 18.2 Å². The molecule has 1 saturated heterocycles. The van der Waals surface area contributed by atoms with Crippen molar-refractivity contribution in [2.24, 2.45) is 4.99 Å². The molecule has 2 heterocycles. The molecule has 154 valence electrons. The van der Waals surface area contributed by atoms with E-state index in [0.717, 1.165) is 38.4 Å². The summed E-state index contributed by atoms with van der Waals surface area (Å²) in [5.74, 6) is 0.965. The molecule has 0 unspecified atom stereocenters. The highest BCUT2D eigenvalue weighted by atomic mass is 19.1. The number of furan rings is 1. The van der Waals surface area contributed by atoms with Crippen molar-refractivity contribution in [2.75, 3.05) is 39.8 Å². The number of carbonyl (C=O) groups is 1. The van der Waals surface area contributed by atoms with Gasteiger partial charge in [-0.3, -0.25) is 9.79 Å². The highest BCUT2D eigenvalue weighted by molar-refractivity contribution is 5.91. The smallest absolute Gasteiger partial charge is 0.289 e. The van der Waals surface area contributed by atoms with Gasteiger partial charge in [0, 0.05) is 45.2 Å². The summed E-state index contributed by atoms with van der Waals surface area (Å²) in [6.07, 6.45) is 4.89. The van der Waals surface area contributed by atoms with E-state index >= 15 is 0 Å². The number of nitrogens with one attached hydrogen (secondary N) is 1. The third-order valence-corrected chi connectivity index (χ3v) is 6.16. The summed E-state index contributed by atoms with van der Waals surface area (Å²) in [6, 6.07) is 10.3. The highest BCUT2D eigenvalue weighted by Crippen LogP contribution is 2.43. The van der Waals surface area contributed by atoms with E-state index in [-0.39, 0.29) is 17.1 Å². The van der Waals surface area contributed by atoms with Gasteiger partial charge in [0.25, 0.3) is 5.91 Å². The van der Waals surface area contributed by atoms with Crippen molar-refractivity contribution >= 4 is 11.9 Å². The molecule has 29 heavy (non-hydrogen) atoms. The first-order valence-electron chi connectivity index (χ1n) is 10.2. The first-order valence-corrected chi connectivity index (χ1v) is 10.2.